The number of nitrogens with two attached hydrogens (primary N) is 1. The van der Waals surface area contributed by atoms with E-state index in [0.717, 1.165) is 6.54 Å². The summed E-state index contributed by atoms with van der Waals surface area (Å²) in [6.45, 7) is 5.16. The van der Waals surface area contributed by atoms with Gasteiger partial charge in [-0.2, -0.15) is 0 Å². The van der Waals surface area contributed by atoms with Crippen molar-refractivity contribution in [3.8, 4) is 0 Å². The molecule has 1 aliphatic rings. The van der Waals surface area contributed by atoms with Crippen LogP contribution in [0.4, 0.5) is 0 Å². The quantitative estimate of drug-likeness (QED) is 0.578. The van der Waals surface area contributed by atoms with Gasteiger partial charge in [-0.15, -0.1) is 0 Å². The number of hydrogen-bond acceptors (Lipinski definition) is 4. The highest BCUT2D eigenvalue weighted by Gasteiger charge is 2.10. The van der Waals surface area contributed by atoms with Gasteiger partial charge < -0.3 is 10.6 Å². The fraction of sp³-hybridized carbons (Fsp3) is 0.667. The van der Waals surface area contributed by atoms with Crippen LogP contribution in [0.3, 0.4) is 0 Å². The summed E-state index contributed by atoms with van der Waals surface area (Å²) < 4.78 is 0. The molecule has 1 aliphatic heterocycles. The molecule has 0 aromatic rings. The van der Waals surface area contributed by atoms with Crippen molar-refractivity contribution in [2.75, 3.05) is 6.54 Å². The molecule has 0 saturated heterocycles. The highest BCUT2D eigenvalue weighted by atomic mass is 16.7. The Labute approximate surface area is 60.6 Å². The molecule has 58 valence electrons. The van der Waals surface area contributed by atoms with Crippen LogP contribution in [0, 0.1) is 5.92 Å². The minimum Gasteiger partial charge on any atom is -0.370 e. The lowest BCUT2D eigenvalue weighted by molar-refractivity contribution is 0.0155. The normalized spacial score (nSPS) is 17.5. The molecular weight excluding hydrogens is 130 g/mol. The molecule has 0 radical (unpaired) electrons. The first kappa shape index (κ1) is 7.21. The molecule has 0 atom stereocenters. The fourth-order valence-corrected chi connectivity index (χ4v) is 0.801. The van der Waals surface area contributed by atoms with Crippen LogP contribution in [0.25, 0.3) is 0 Å². The van der Waals surface area contributed by atoms with Crippen molar-refractivity contribution in [1.82, 2.24) is 10.6 Å². The van der Waals surface area contributed by atoms with E-state index in [1.165, 1.54) is 0 Å². The smallest absolute Gasteiger partial charge is 0.229 e. The van der Waals surface area contributed by atoms with E-state index in [9.17, 15) is 0 Å². The third kappa shape index (κ3) is 1.80. The Morgan fingerprint density at radius 1 is 1.80 bits per heavy atom. The molecule has 3 N–H and O–H groups in total. The number of nitrogens with zero attached hydrogens (tertiary/aromatic N) is 1. The van der Waals surface area contributed by atoms with E-state index in [4.69, 9.17) is 10.6 Å². The lowest BCUT2D eigenvalue weighted by Crippen LogP contribution is -2.30. The van der Waals surface area contributed by atoms with Gasteiger partial charge in [-0.25, -0.2) is 0 Å². The highest BCUT2D eigenvalue weighted by Crippen LogP contribution is 2.03. The summed E-state index contributed by atoms with van der Waals surface area (Å²) in [5.41, 5.74) is 7.99. The van der Waals surface area contributed by atoms with Gasteiger partial charge in [-0.05, 0) is 5.92 Å². The van der Waals surface area contributed by atoms with E-state index >= 15 is 0 Å². The number of nitrogens with one attached hydrogen (secondary N) is 1. The number of hydrazine groups is 1. The van der Waals surface area contributed by atoms with Crippen LogP contribution in [0.1, 0.15) is 13.8 Å². The summed E-state index contributed by atoms with van der Waals surface area (Å²) >= 11 is 0. The average Bonchev–Trinajstić information content (AvgIpc) is 2.13. The van der Waals surface area contributed by atoms with E-state index in [1.54, 1.807) is 6.20 Å². The van der Waals surface area contributed by atoms with Crippen molar-refractivity contribution < 1.29 is 4.84 Å². The maximum Gasteiger partial charge on any atom is 0.229 e. The molecule has 0 unspecified atom stereocenters. The van der Waals surface area contributed by atoms with Gasteiger partial charge in [0.1, 0.15) is 0 Å². The average molecular weight is 143 g/mol. The molecule has 0 saturated carbocycles. The molecular formula is C6H13N3O. The first-order chi connectivity index (χ1) is 4.68. The van der Waals surface area contributed by atoms with Gasteiger partial charge in [0.25, 0.3) is 0 Å². The largest absolute Gasteiger partial charge is 0.370 e. The Morgan fingerprint density at radius 2 is 2.50 bits per heavy atom. The van der Waals surface area contributed by atoms with Crippen LogP contribution in [0.2, 0.25) is 0 Å². The van der Waals surface area contributed by atoms with Crippen molar-refractivity contribution in [1.29, 1.82) is 0 Å². The molecule has 0 spiro atoms. The molecule has 4 nitrogen and oxygen atoms in total. The number of rotatable bonds is 2. The molecule has 4 heteroatoms. The van der Waals surface area contributed by atoms with Crippen molar-refractivity contribution in [2.24, 2.45) is 11.7 Å². The second kappa shape index (κ2) is 2.79. The molecule has 10 heavy (non-hydrogen) atoms. The monoisotopic (exact) mass is 143 g/mol. The summed E-state index contributed by atoms with van der Waals surface area (Å²) in [6, 6.07) is 0. The summed E-state index contributed by atoms with van der Waals surface area (Å²) in [6.07, 6.45) is 1.74. The van der Waals surface area contributed by atoms with E-state index < -0.39 is 0 Å². The van der Waals surface area contributed by atoms with Gasteiger partial charge in [-0.1, -0.05) is 19.4 Å². The Balaban J connectivity index is 2.31. The van der Waals surface area contributed by atoms with Crippen molar-refractivity contribution >= 4 is 0 Å². The summed E-state index contributed by atoms with van der Waals surface area (Å²) in [4.78, 5) is 4.78. The Hall–Kier alpha value is -0.900. The van der Waals surface area contributed by atoms with Gasteiger partial charge in [-0.3, -0.25) is 5.01 Å². The summed E-state index contributed by atoms with van der Waals surface area (Å²) in [7, 11) is 0. The van der Waals surface area contributed by atoms with Crippen LogP contribution in [0.15, 0.2) is 12.1 Å². The van der Waals surface area contributed by atoms with Crippen LogP contribution in [-0.4, -0.2) is 11.6 Å². The number of hydrogen-bond donors (Lipinski definition) is 2. The van der Waals surface area contributed by atoms with Gasteiger partial charge >= 0.3 is 0 Å². The third-order valence-electron chi connectivity index (χ3n) is 1.13. The zero-order chi connectivity index (χ0) is 7.56. The highest BCUT2D eigenvalue weighted by molar-refractivity contribution is 4.88. The Bertz CT molecular complexity index is 144. The van der Waals surface area contributed by atoms with Crippen molar-refractivity contribution in [2.45, 2.75) is 13.8 Å². The molecule has 0 aromatic heterocycles. The van der Waals surface area contributed by atoms with E-state index in [0.29, 0.717) is 11.8 Å². The van der Waals surface area contributed by atoms with Gasteiger partial charge in [0.2, 0.25) is 5.88 Å². The zero-order valence-electron chi connectivity index (χ0n) is 6.29. The van der Waals surface area contributed by atoms with Crippen LogP contribution in [0.5, 0.6) is 0 Å². The molecule has 0 fully saturated rings. The van der Waals surface area contributed by atoms with Crippen LogP contribution >= 0.6 is 0 Å². The molecule has 0 bridgehead atoms. The van der Waals surface area contributed by atoms with Crippen LogP contribution in [-0.2, 0) is 4.84 Å². The lowest BCUT2D eigenvalue weighted by atomic mass is 10.2. The topological polar surface area (TPSA) is 50.5 Å². The standard InChI is InChI=1S/C6H13N3O/c1-5(2)3-9-4-6(7)10-8-9/h4-5,8H,3,7H2,1-2H3. The van der Waals surface area contributed by atoms with Gasteiger partial charge in [0, 0.05) is 6.54 Å². The molecule has 0 amide bonds. The maximum absolute atomic E-state index is 5.34. The van der Waals surface area contributed by atoms with Gasteiger partial charge in [0.15, 0.2) is 0 Å². The lowest BCUT2D eigenvalue weighted by Gasteiger charge is -2.14. The van der Waals surface area contributed by atoms with E-state index in [-0.39, 0.29) is 0 Å². The zero-order valence-corrected chi connectivity index (χ0v) is 6.29. The van der Waals surface area contributed by atoms with Crippen LogP contribution < -0.4 is 11.3 Å². The molecule has 1 heterocycles. The third-order valence-corrected chi connectivity index (χ3v) is 1.13. The minimum absolute atomic E-state index is 0.417. The van der Waals surface area contributed by atoms with Crippen molar-refractivity contribution in [3.05, 3.63) is 12.1 Å². The van der Waals surface area contributed by atoms with E-state index in [1.807, 2.05) is 5.01 Å². The second-order valence-corrected chi connectivity index (χ2v) is 2.77. The first-order valence-electron chi connectivity index (χ1n) is 3.35. The SMILES string of the molecule is CC(C)CN1C=C(N)ON1. The maximum atomic E-state index is 5.34. The first-order valence-corrected chi connectivity index (χ1v) is 3.35. The second-order valence-electron chi connectivity index (χ2n) is 2.77. The minimum atomic E-state index is 0.417. The summed E-state index contributed by atoms with van der Waals surface area (Å²) in [5, 5.41) is 1.82. The van der Waals surface area contributed by atoms with E-state index in [2.05, 4.69) is 19.4 Å². The predicted molar refractivity (Wildman–Crippen MR) is 38.0 cm³/mol. The molecule has 0 aliphatic carbocycles. The Kier molecular flexibility index (Phi) is 2.01. The molecule has 1 rings (SSSR count). The molecule has 0 aromatic carbocycles. The van der Waals surface area contributed by atoms with Gasteiger partial charge in [0.05, 0.1) is 6.20 Å². The summed E-state index contributed by atoms with van der Waals surface area (Å²) in [5.74, 6) is 1.01. The Morgan fingerprint density at radius 3 is 2.90 bits per heavy atom. The van der Waals surface area contributed by atoms with Crippen molar-refractivity contribution in [3.63, 3.8) is 0 Å². The predicted octanol–water partition coefficient (Wildman–Crippen LogP) is 0.152. The fourth-order valence-electron chi connectivity index (χ4n) is 0.801.